The van der Waals surface area contributed by atoms with Gasteiger partial charge in [-0.15, -0.1) is 0 Å². The minimum absolute atomic E-state index is 0.0806. The van der Waals surface area contributed by atoms with Crippen LogP contribution in [0.25, 0.3) is 10.8 Å². The van der Waals surface area contributed by atoms with Crippen molar-refractivity contribution in [1.82, 2.24) is 5.32 Å². The summed E-state index contributed by atoms with van der Waals surface area (Å²) in [6, 6.07) is 20.8. The summed E-state index contributed by atoms with van der Waals surface area (Å²) in [5.74, 6) is 0.881. The number of aliphatic hydroxyl groups excluding tert-OH is 1. The van der Waals surface area contributed by atoms with Crippen LogP contribution < -0.4 is 10.1 Å². The lowest BCUT2D eigenvalue weighted by atomic mass is 10.0. The van der Waals surface area contributed by atoms with E-state index in [4.69, 9.17) is 4.74 Å². The number of ether oxygens (including phenoxy) is 1. The molecule has 0 radical (unpaired) electrons. The number of aliphatic hydroxyl groups is 1. The molecule has 0 atom stereocenters. The molecule has 3 rings (SSSR count). The standard InChI is InChI=1S/C23H27NO2/c1-17-7-6-8-18(13-17)15-26-22-12-11-19-9-4-5-10-20(19)21(22)14-24-23(2,3)16-25/h4-13,24-25H,14-16H2,1-3H3. The quantitative estimate of drug-likeness (QED) is 0.656. The number of nitrogens with one attached hydrogen (secondary N) is 1. The van der Waals surface area contributed by atoms with Gasteiger partial charge in [-0.3, -0.25) is 0 Å². The first-order chi connectivity index (χ1) is 12.5. The average Bonchev–Trinajstić information content (AvgIpc) is 2.65. The van der Waals surface area contributed by atoms with Crippen LogP contribution in [0.4, 0.5) is 0 Å². The van der Waals surface area contributed by atoms with Crippen molar-refractivity contribution in [2.45, 2.75) is 39.5 Å². The molecule has 3 aromatic rings. The number of aryl methyl sites for hydroxylation is 1. The smallest absolute Gasteiger partial charge is 0.124 e. The molecule has 0 saturated carbocycles. The van der Waals surface area contributed by atoms with Crippen LogP contribution >= 0.6 is 0 Å². The van der Waals surface area contributed by atoms with Crippen LogP contribution in [0.3, 0.4) is 0 Å². The molecule has 136 valence electrons. The Balaban J connectivity index is 1.89. The molecule has 26 heavy (non-hydrogen) atoms. The zero-order valence-electron chi connectivity index (χ0n) is 15.8. The molecule has 0 aromatic heterocycles. The summed E-state index contributed by atoms with van der Waals surface area (Å²) in [6.07, 6.45) is 0. The minimum atomic E-state index is -0.343. The van der Waals surface area contributed by atoms with E-state index >= 15 is 0 Å². The summed E-state index contributed by atoms with van der Waals surface area (Å²) in [5.41, 5.74) is 3.17. The van der Waals surface area contributed by atoms with Gasteiger partial charge in [-0.25, -0.2) is 0 Å². The SMILES string of the molecule is Cc1cccc(COc2ccc3ccccc3c2CNC(C)(C)CO)c1. The van der Waals surface area contributed by atoms with Crippen molar-refractivity contribution in [3.63, 3.8) is 0 Å². The van der Waals surface area contributed by atoms with Crippen molar-refractivity contribution in [2.24, 2.45) is 0 Å². The number of hydrogen-bond acceptors (Lipinski definition) is 3. The maximum atomic E-state index is 9.54. The molecule has 2 N–H and O–H groups in total. The lowest BCUT2D eigenvalue weighted by Crippen LogP contribution is -2.42. The Morgan fingerprint density at radius 2 is 1.81 bits per heavy atom. The van der Waals surface area contributed by atoms with Gasteiger partial charge >= 0.3 is 0 Å². The van der Waals surface area contributed by atoms with Gasteiger partial charge in [0.25, 0.3) is 0 Å². The maximum Gasteiger partial charge on any atom is 0.124 e. The van der Waals surface area contributed by atoms with Crippen LogP contribution in [0.1, 0.15) is 30.5 Å². The average molecular weight is 349 g/mol. The van der Waals surface area contributed by atoms with E-state index < -0.39 is 0 Å². The van der Waals surface area contributed by atoms with Crippen LogP contribution in [0.2, 0.25) is 0 Å². The van der Waals surface area contributed by atoms with E-state index in [9.17, 15) is 5.11 Å². The van der Waals surface area contributed by atoms with Gasteiger partial charge in [0.15, 0.2) is 0 Å². The third-order valence-electron chi connectivity index (χ3n) is 4.61. The molecule has 0 aliphatic rings. The van der Waals surface area contributed by atoms with Gasteiger partial charge < -0.3 is 15.2 Å². The molecular weight excluding hydrogens is 322 g/mol. The number of rotatable bonds is 7. The fourth-order valence-corrected chi connectivity index (χ4v) is 2.98. The third-order valence-corrected chi connectivity index (χ3v) is 4.61. The van der Waals surface area contributed by atoms with E-state index in [0.717, 1.165) is 16.9 Å². The predicted octanol–water partition coefficient (Wildman–Crippen LogP) is 4.59. The van der Waals surface area contributed by atoms with Crippen molar-refractivity contribution in [3.05, 3.63) is 77.4 Å². The van der Waals surface area contributed by atoms with Gasteiger partial charge in [0.1, 0.15) is 12.4 Å². The van der Waals surface area contributed by atoms with Crippen molar-refractivity contribution < 1.29 is 9.84 Å². The number of fused-ring (bicyclic) bond motifs is 1. The van der Waals surface area contributed by atoms with Crippen molar-refractivity contribution in [3.8, 4) is 5.75 Å². The highest BCUT2D eigenvalue weighted by molar-refractivity contribution is 5.87. The molecule has 3 nitrogen and oxygen atoms in total. The molecule has 0 saturated heterocycles. The first kappa shape index (κ1) is 18.4. The summed E-state index contributed by atoms with van der Waals surface area (Å²) in [6.45, 7) is 7.33. The molecule has 0 bridgehead atoms. The number of hydrogen-bond donors (Lipinski definition) is 2. The van der Waals surface area contributed by atoms with E-state index in [2.05, 4.69) is 54.7 Å². The van der Waals surface area contributed by atoms with Gasteiger partial charge in [0, 0.05) is 17.6 Å². The molecular formula is C23H27NO2. The zero-order valence-corrected chi connectivity index (χ0v) is 15.8. The Hall–Kier alpha value is -2.36. The molecule has 3 heteroatoms. The van der Waals surface area contributed by atoms with E-state index in [1.54, 1.807) is 0 Å². The lowest BCUT2D eigenvalue weighted by molar-refractivity contribution is 0.187. The fourth-order valence-electron chi connectivity index (χ4n) is 2.98. The first-order valence-electron chi connectivity index (χ1n) is 9.03. The maximum absolute atomic E-state index is 9.54. The zero-order chi connectivity index (χ0) is 18.6. The number of benzene rings is 3. The molecule has 0 unspecified atom stereocenters. The molecule has 0 amide bonds. The third kappa shape index (κ3) is 4.43. The molecule has 0 spiro atoms. The minimum Gasteiger partial charge on any atom is -0.489 e. The summed E-state index contributed by atoms with van der Waals surface area (Å²) < 4.78 is 6.18. The van der Waals surface area contributed by atoms with Gasteiger partial charge in [0.05, 0.1) is 6.61 Å². The van der Waals surface area contributed by atoms with Crippen LogP contribution in [-0.2, 0) is 13.2 Å². The second-order valence-electron chi connectivity index (χ2n) is 7.44. The monoisotopic (exact) mass is 349 g/mol. The Bertz CT molecular complexity index is 886. The van der Waals surface area contributed by atoms with E-state index in [1.807, 2.05) is 32.0 Å². The van der Waals surface area contributed by atoms with Crippen molar-refractivity contribution in [1.29, 1.82) is 0 Å². The Labute approximate surface area is 155 Å². The second kappa shape index (κ2) is 7.90. The predicted molar refractivity (Wildman–Crippen MR) is 107 cm³/mol. The van der Waals surface area contributed by atoms with E-state index in [0.29, 0.717) is 13.2 Å². The topological polar surface area (TPSA) is 41.5 Å². The fraction of sp³-hybridized carbons (Fsp3) is 0.304. The van der Waals surface area contributed by atoms with Crippen LogP contribution in [0, 0.1) is 6.92 Å². The van der Waals surface area contributed by atoms with Crippen LogP contribution in [0.5, 0.6) is 5.75 Å². The summed E-state index contributed by atoms with van der Waals surface area (Å²) in [4.78, 5) is 0. The highest BCUT2D eigenvalue weighted by atomic mass is 16.5. The Morgan fingerprint density at radius 3 is 2.58 bits per heavy atom. The molecule has 0 fully saturated rings. The molecule has 0 aliphatic carbocycles. The normalized spacial score (nSPS) is 11.7. The highest BCUT2D eigenvalue weighted by Crippen LogP contribution is 2.29. The lowest BCUT2D eigenvalue weighted by Gasteiger charge is -2.25. The summed E-state index contributed by atoms with van der Waals surface area (Å²) >= 11 is 0. The van der Waals surface area contributed by atoms with Crippen molar-refractivity contribution in [2.75, 3.05) is 6.61 Å². The Morgan fingerprint density at radius 1 is 1.00 bits per heavy atom. The molecule has 0 heterocycles. The van der Waals surface area contributed by atoms with Gasteiger partial charge in [-0.1, -0.05) is 60.2 Å². The Kier molecular flexibility index (Phi) is 5.60. The van der Waals surface area contributed by atoms with Crippen LogP contribution in [0.15, 0.2) is 60.7 Å². The van der Waals surface area contributed by atoms with Crippen LogP contribution in [-0.4, -0.2) is 17.3 Å². The van der Waals surface area contributed by atoms with E-state index in [1.165, 1.54) is 16.3 Å². The second-order valence-corrected chi connectivity index (χ2v) is 7.44. The van der Waals surface area contributed by atoms with E-state index in [-0.39, 0.29) is 12.1 Å². The summed E-state index contributed by atoms with van der Waals surface area (Å²) in [5, 5.41) is 15.3. The first-order valence-corrected chi connectivity index (χ1v) is 9.03. The van der Waals surface area contributed by atoms with Gasteiger partial charge in [-0.2, -0.15) is 0 Å². The van der Waals surface area contributed by atoms with Crippen molar-refractivity contribution >= 4 is 10.8 Å². The highest BCUT2D eigenvalue weighted by Gasteiger charge is 2.17. The van der Waals surface area contributed by atoms with Gasteiger partial charge in [0.2, 0.25) is 0 Å². The van der Waals surface area contributed by atoms with Gasteiger partial charge in [-0.05, 0) is 43.2 Å². The largest absolute Gasteiger partial charge is 0.489 e. The molecule has 0 aliphatic heterocycles. The molecule has 3 aromatic carbocycles. The summed E-state index contributed by atoms with van der Waals surface area (Å²) in [7, 11) is 0.